The molecule has 0 bridgehead atoms. The summed E-state index contributed by atoms with van der Waals surface area (Å²) in [6.45, 7) is 7.23. The van der Waals surface area contributed by atoms with Gasteiger partial charge in [-0.3, -0.25) is 14.4 Å². The van der Waals surface area contributed by atoms with Gasteiger partial charge in [-0.25, -0.2) is 8.78 Å². The summed E-state index contributed by atoms with van der Waals surface area (Å²) in [6.07, 6.45) is 0. The third-order valence-corrected chi connectivity index (χ3v) is 5.97. The minimum atomic E-state index is -1.12. The Labute approximate surface area is 210 Å². The van der Waals surface area contributed by atoms with Crippen molar-refractivity contribution in [2.24, 2.45) is 5.41 Å². The molecule has 0 saturated carbocycles. The summed E-state index contributed by atoms with van der Waals surface area (Å²) in [4.78, 5) is 41.0. The third kappa shape index (κ3) is 5.97. The van der Waals surface area contributed by atoms with Crippen LogP contribution in [-0.2, 0) is 20.9 Å². The molecule has 10 heteroatoms. The highest BCUT2D eigenvalue weighted by molar-refractivity contribution is 6.00. The van der Waals surface area contributed by atoms with Crippen LogP contribution in [0.4, 0.5) is 14.5 Å². The molecule has 3 atom stereocenters. The molecule has 0 fully saturated rings. The van der Waals surface area contributed by atoms with Crippen LogP contribution in [0.1, 0.15) is 44.9 Å². The van der Waals surface area contributed by atoms with E-state index in [9.17, 15) is 23.2 Å². The van der Waals surface area contributed by atoms with Gasteiger partial charge in [0.25, 0.3) is 5.91 Å². The van der Waals surface area contributed by atoms with E-state index in [0.29, 0.717) is 5.56 Å². The lowest BCUT2D eigenvalue weighted by molar-refractivity contribution is -0.144. The maximum absolute atomic E-state index is 14.2. The lowest BCUT2D eigenvalue weighted by Crippen LogP contribution is -2.57. The summed E-state index contributed by atoms with van der Waals surface area (Å²) in [5, 5.41) is 7.94. The zero-order valence-corrected chi connectivity index (χ0v) is 21.1. The molecule has 1 aliphatic rings. The number of nitrogens with zero attached hydrogens (tertiary/aromatic N) is 1. The number of benzene rings is 2. The lowest BCUT2D eigenvalue weighted by atomic mass is 9.85. The first-order chi connectivity index (χ1) is 16.0. The molecule has 1 heterocycles. The molecule has 0 aromatic heterocycles. The first-order valence-electron chi connectivity index (χ1n) is 11.1. The number of anilines is 1. The highest BCUT2D eigenvalue weighted by Crippen LogP contribution is 2.37. The van der Waals surface area contributed by atoms with Gasteiger partial charge in [-0.05, 0) is 42.6 Å². The minimum Gasteiger partial charge on any atom is -0.342 e. The van der Waals surface area contributed by atoms with E-state index < -0.39 is 52.7 Å². The molecule has 7 nitrogen and oxygen atoms in total. The Hall–Kier alpha value is -3.04. The molecule has 190 valence electrons. The normalized spacial score (nSPS) is 16.5. The fourth-order valence-electron chi connectivity index (χ4n) is 3.90. The number of hydrogen-bond donors (Lipinski definition) is 3. The number of rotatable bonds is 6. The van der Waals surface area contributed by atoms with E-state index in [-0.39, 0.29) is 24.9 Å². The van der Waals surface area contributed by atoms with Crippen molar-refractivity contribution in [3.8, 4) is 0 Å². The number of fused-ring (bicyclic) bond motifs is 1. The van der Waals surface area contributed by atoms with Gasteiger partial charge in [0.2, 0.25) is 11.8 Å². The van der Waals surface area contributed by atoms with Gasteiger partial charge in [0.15, 0.2) is 0 Å². The fraction of sp³-hybridized carbons (Fsp3) is 0.400. The number of amides is 3. The van der Waals surface area contributed by atoms with E-state index in [0.717, 1.165) is 17.7 Å². The SMILES string of the molecule is CN[C@@H](C)C(=O)N[C@H](C(=O)N1Cc2ccccc2[C@H]1C(=O)Nc1c(F)cccc1F)C(C)(C)C.Cl. The van der Waals surface area contributed by atoms with Crippen LogP contribution in [-0.4, -0.2) is 41.8 Å². The number of para-hydroxylation sites is 1. The number of halogens is 3. The van der Waals surface area contributed by atoms with Crippen molar-refractivity contribution in [3.63, 3.8) is 0 Å². The third-order valence-electron chi connectivity index (χ3n) is 5.97. The standard InChI is InChI=1S/C25H30F2N4O3.ClH/c1-14(28-5)22(32)30-21(25(2,3)4)24(34)31-13-15-9-6-7-10-16(15)20(31)23(33)29-19-17(26)11-8-12-18(19)27;/h6-12,14,20-21,28H,13H2,1-5H3,(H,29,33)(H,30,32);1H/t14-,20-,21+;/m0./s1. The second-order valence-electron chi connectivity index (χ2n) is 9.47. The second kappa shape index (κ2) is 11.1. The summed E-state index contributed by atoms with van der Waals surface area (Å²) >= 11 is 0. The maximum atomic E-state index is 14.2. The molecule has 2 aromatic carbocycles. The van der Waals surface area contributed by atoms with Gasteiger partial charge >= 0.3 is 0 Å². The predicted octanol–water partition coefficient (Wildman–Crippen LogP) is 3.55. The molecular weight excluding hydrogens is 478 g/mol. The van der Waals surface area contributed by atoms with Gasteiger partial charge in [-0.1, -0.05) is 51.1 Å². The van der Waals surface area contributed by atoms with Crippen molar-refractivity contribution in [2.75, 3.05) is 12.4 Å². The maximum Gasteiger partial charge on any atom is 0.252 e. The highest BCUT2D eigenvalue weighted by Gasteiger charge is 2.44. The van der Waals surface area contributed by atoms with Gasteiger partial charge in [-0.2, -0.15) is 0 Å². The Morgan fingerprint density at radius 2 is 1.63 bits per heavy atom. The van der Waals surface area contributed by atoms with Gasteiger partial charge in [0.1, 0.15) is 29.4 Å². The second-order valence-corrected chi connectivity index (χ2v) is 9.47. The zero-order valence-electron chi connectivity index (χ0n) is 20.3. The van der Waals surface area contributed by atoms with Crippen molar-refractivity contribution in [1.82, 2.24) is 15.5 Å². The van der Waals surface area contributed by atoms with Gasteiger partial charge in [-0.15, -0.1) is 12.4 Å². The lowest BCUT2D eigenvalue weighted by Gasteiger charge is -2.36. The summed E-state index contributed by atoms with van der Waals surface area (Å²) < 4.78 is 28.4. The summed E-state index contributed by atoms with van der Waals surface area (Å²) in [6, 6.07) is 7.71. The first-order valence-corrected chi connectivity index (χ1v) is 11.1. The molecule has 3 N–H and O–H groups in total. The topological polar surface area (TPSA) is 90.5 Å². The van der Waals surface area contributed by atoms with E-state index in [1.807, 2.05) is 20.8 Å². The highest BCUT2D eigenvalue weighted by atomic mass is 35.5. The molecule has 0 aliphatic carbocycles. The van der Waals surface area contributed by atoms with Crippen molar-refractivity contribution in [1.29, 1.82) is 0 Å². The largest absolute Gasteiger partial charge is 0.342 e. The molecule has 2 aromatic rings. The predicted molar refractivity (Wildman–Crippen MR) is 132 cm³/mol. The van der Waals surface area contributed by atoms with Crippen LogP contribution in [0.25, 0.3) is 0 Å². The average Bonchev–Trinajstić information content (AvgIpc) is 3.17. The molecule has 3 amide bonds. The summed E-state index contributed by atoms with van der Waals surface area (Å²) in [5.41, 5.74) is 0.0567. The number of carbonyl (C=O) groups is 3. The van der Waals surface area contributed by atoms with Gasteiger partial charge < -0.3 is 20.9 Å². The van der Waals surface area contributed by atoms with Crippen LogP contribution in [0.15, 0.2) is 42.5 Å². The van der Waals surface area contributed by atoms with Crippen LogP contribution in [0, 0.1) is 17.0 Å². The molecule has 3 rings (SSSR count). The van der Waals surface area contributed by atoms with E-state index in [2.05, 4.69) is 16.0 Å². The number of carbonyl (C=O) groups excluding carboxylic acids is 3. The Morgan fingerprint density at radius 1 is 1.03 bits per heavy atom. The summed E-state index contributed by atoms with van der Waals surface area (Å²) in [7, 11) is 1.64. The van der Waals surface area contributed by atoms with Crippen LogP contribution in [0.2, 0.25) is 0 Å². The Kier molecular flexibility index (Phi) is 8.97. The number of likely N-dealkylation sites (N-methyl/N-ethyl adjacent to an activating group) is 1. The monoisotopic (exact) mass is 508 g/mol. The van der Waals surface area contributed by atoms with Crippen molar-refractivity contribution < 1.29 is 23.2 Å². The quantitative estimate of drug-likeness (QED) is 0.556. The van der Waals surface area contributed by atoms with Crippen molar-refractivity contribution in [2.45, 2.75) is 52.4 Å². The summed E-state index contributed by atoms with van der Waals surface area (Å²) in [5.74, 6) is -3.40. The van der Waals surface area contributed by atoms with Crippen LogP contribution < -0.4 is 16.0 Å². The Morgan fingerprint density at radius 3 is 2.20 bits per heavy atom. The van der Waals surface area contributed by atoms with Gasteiger partial charge in [0.05, 0.1) is 6.04 Å². The molecule has 0 spiro atoms. The minimum absolute atomic E-state index is 0. The van der Waals surface area contributed by atoms with Crippen LogP contribution in [0.5, 0.6) is 0 Å². The fourth-order valence-corrected chi connectivity index (χ4v) is 3.90. The molecule has 0 saturated heterocycles. The van der Waals surface area contributed by atoms with Crippen LogP contribution >= 0.6 is 12.4 Å². The molecule has 0 unspecified atom stereocenters. The first kappa shape index (κ1) is 28.2. The number of nitrogens with one attached hydrogen (secondary N) is 3. The van der Waals surface area contributed by atoms with E-state index in [1.165, 1.54) is 11.0 Å². The zero-order chi connectivity index (χ0) is 25.2. The molecule has 35 heavy (non-hydrogen) atoms. The smallest absolute Gasteiger partial charge is 0.252 e. The molecule has 0 radical (unpaired) electrons. The Balaban J connectivity index is 0.00000432. The van der Waals surface area contributed by atoms with Crippen molar-refractivity contribution in [3.05, 3.63) is 65.2 Å². The van der Waals surface area contributed by atoms with E-state index in [4.69, 9.17) is 0 Å². The van der Waals surface area contributed by atoms with Crippen molar-refractivity contribution >= 4 is 35.8 Å². The number of hydrogen-bond acceptors (Lipinski definition) is 4. The molecule has 1 aliphatic heterocycles. The van der Waals surface area contributed by atoms with E-state index >= 15 is 0 Å². The van der Waals surface area contributed by atoms with Gasteiger partial charge in [0, 0.05) is 6.54 Å². The average molecular weight is 509 g/mol. The van der Waals surface area contributed by atoms with E-state index in [1.54, 1.807) is 38.2 Å². The van der Waals surface area contributed by atoms with Crippen LogP contribution in [0.3, 0.4) is 0 Å². The molecular formula is C25H31ClF2N4O3. The Bertz CT molecular complexity index is 1090.